The first kappa shape index (κ1) is 20.1. The highest BCUT2D eigenvalue weighted by Crippen LogP contribution is 2.46. The van der Waals surface area contributed by atoms with E-state index in [-0.39, 0.29) is 41.2 Å². The number of nitrogens with zero attached hydrogens (tertiary/aromatic N) is 1. The molecule has 0 aliphatic heterocycles. The summed E-state index contributed by atoms with van der Waals surface area (Å²) < 4.78 is 51.8. The van der Waals surface area contributed by atoms with Gasteiger partial charge in [-0.15, -0.1) is 0 Å². The van der Waals surface area contributed by atoms with Crippen LogP contribution in [0, 0.1) is 11.7 Å². The van der Waals surface area contributed by atoms with Gasteiger partial charge >= 0.3 is 5.51 Å². The van der Waals surface area contributed by atoms with Gasteiger partial charge in [0.25, 0.3) is 5.56 Å². The Hall–Kier alpha value is -2.16. The first-order chi connectivity index (χ1) is 13.7. The van der Waals surface area contributed by atoms with Crippen molar-refractivity contribution in [3.05, 3.63) is 57.5 Å². The molecule has 2 fully saturated rings. The standard InChI is InChI=1S/C20H18F4N2O2S/c21-14-7-12(5-6-17(14)29-20(22,23)24)13(10-1-2-10)8-16(27)15-9-18(28)26-19(25-15)11-3-4-11/h5-7,9-11,13H,1-4,8H2,(H,25,26,28)/t13-/m1/s1. The number of H-pyrrole nitrogens is 1. The molecule has 0 radical (unpaired) electrons. The summed E-state index contributed by atoms with van der Waals surface area (Å²) in [6, 6.07) is 4.82. The van der Waals surface area contributed by atoms with Crippen molar-refractivity contribution in [1.29, 1.82) is 0 Å². The number of alkyl halides is 3. The van der Waals surface area contributed by atoms with Gasteiger partial charge in [-0.2, -0.15) is 13.2 Å². The molecule has 2 aliphatic rings. The molecule has 4 nitrogen and oxygen atoms in total. The lowest BCUT2D eigenvalue weighted by molar-refractivity contribution is -0.0329. The van der Waals surface area contributed by atoms with Crippen molar-refractivity contribution in [2.75, 3.05) is 0 Å². The second kappa shape index (κ2) is 7.59. The quantitative estimate of drug-likeness (QED) is 0.377. The van der Waals surface area contributed by atoms with E-state index in [1.54, 1.807) is 0 Å². The summed E-state index contributed by atoms with van der Waals surface area (Å²) in [5.74, 6) is -0.708. The third-order valence-corrected chi connectivity index (χ3v) is 6.00. The second-order valence-corrected chi connectivity index (χ2v) is 8.71. The number of aromatic nitrogens is 2. The maximum Gasteiger partial charge on any atom is 0.446 e. The van der Waals surface area contributed by atoms with Crippen LogP contribution in [0.25, 0.3) is 0 Å². The van der Waals surface area contributed by atoms with Crippen molar-refractivity contribution in [3.63, 3.8) is 0 Å². The minimum absolute atomic E-state index is 0.0381. The van der Waals surface area contributed by atoms with Gasteiger partial charge in [0, 0.05) is 18.4 Å². The van der Waals surface area contributed by atoms with Gasteiger partial charge in [-0.1, -0.05) is 6.07 Å². The maximum absolute atomic E-state index is 14.2. The third kappa shape index (κ3) is 5.07. The molecular formula is C20H18F4N2O2S. The Bertz CT molecular complexity index is 997. The summed E-state index contributed by atoms with van der Waals surface area (Å²) in [6.07, 6.45) is 3.62. The number of hydrogen-bond acceptors (Lipinski definition) is 4. The van der Waals surface area contributed by atoms with Crippen LogP contribution in [0.2, 0.25) is 0 Å². The number of nitrogens with one attached hydrogen (secondary N) is 1. The van der Waals surface area contributed by atoms with E-state index in [0.717, 1.165) is 37.8 Å². The number of carbonyl (C=O) groups is 1. The predicted octanol–water partition coefficient (Wildman–Crippen LogP) is 5.16. The predicted molar refractivity (Wildman–Crippen MR) is 99.6 cm³/mol. The number of hydrogen-bond donors (Lipinski definition) is 1. The zero-order chi connectivity index (χ0) is 20.8. The zero-order valence-corrected chi connectivity index (χ0v) is 16.1. The molecular weight excluding hydrogens is 408 g/mol. The Balaban J connectivity index is 1.55. The van der Waals surface area contributed by atoms with Gasteiger partial charge in [-0.3, -0.25) is 9.59 Å². The number of aromatic amines is 1. The van der Waals surface area contributed by atoms with E-state index < -0.39 is 28.0 Å². The SMILES string of the molecule is O=C(C[C@@H](c1ccc(SC(F)(F)F)c(F)c1)C1CC1)c1cc(=O)[nH]c(C2CC2)n1. The smallest absolute Gasteiger partial charge is 0.310 e. The highest BCUT2D eigenvalue weighted by Gasteiger charge is 2.36. The number of benzene rings is 1. The van der Waals surface area contributed by atoms with Gasteiger partial charge in [-0.05, 0) is 67.0 Å². The first-order valence-electron chi connectivity index (χ1n) is 9.39. The monoisotopic (exact) mass is 426 g/mol. The fourth-order valence-corrected chi connectivity index (χ4v) is 4.03. The van der Waals surface area contributed by atoms with Gasteiger partial charge < -0.3 is 4.98 Å². The van der Waals surface area contributed by atoms with Crippen molar-refractivity contribution >= 4 is 17.5 Å². The van der Waals surface area contributed by atoms with Crippen molar-refractivity contribution in [3.8, 4) is 0 Å². The molecule has 0 saturated heterocycles. The minimum atomic E-state index is -4.57. The van der Waals surface area contributed by atoms with Gasteiger partial charge in [0.2, 0.25) is 0 Å². The number of thioether (sulfide) groups is 1. The molecule has 1 heterocycles. The molecule has 0 amide bonds. The van der Waals surface area contributed by atoms with E-state index in [4.69, 9.17) is 0 Å². The number of carbonyl (C=O) groups excluding carboxylic acids is 1. The summed E-state index contributed by atoms with van der Waals surface area (Å²) in [7, 11) is 0. The highest BCUT2D eigenvalue weighted by atomic mass is 32.2. The van der Waals surface area contributed by atoms with Crippen molar-refractivity contribution in [2.24, 2.45) is 5.92 Å². The van der Waals surface area contributed by atoms with Crippen LogP contribution in [0.15, 0.2) is 34.0 Å². The summed E-state index contributed by atoms with van der Waals surface area (Å²) in [4.78, 5) is 31.1. The van der Waals surface area contributed by atoms with E-state index in [1.807, 2.05) is 0 Å². The lowest BCUT2D eigenvalue weighted by Crippen LogP contribution is -2.17. The number of Topliss-reactive ketones (excluding diaryl/α,β-unsaturated/α-hetero) is 1. The average Bonchev–Trinajstić information content (AvgIpc) is 3.53. The van der Waals surface area contributed by atoms with E-state index in [9.17, 15) is 27.2 Å². The minimum Gasteiger partial charge on any atom is -0.310 e. The van der Waals surface area contributed by atoms with E-state index in [2.05, 4.69) is 9.97 Å². The Morgan fingerprint density at radius 3 is 2.52 bits per heavy atom. The zero-order valence-electron chi connectivity index (χ0n) is 15.3. The molecule has 154 valence electrons. The van der Waals surface area contributed by atoms with Crippen molar-refractivity contribution in [2.45, 2.75) is 54.3 Å². The molecule has 2 aromatic rings. The fraction of sp³-hybridized carbons (Fsp3) is 0.450. The van der Waals surface area contributed by atoms with Crippen LogP contribution in [-0.4, -0.2) is 21.3 Å². The summed E-state index contributed by atoms with van der Waals surface area (Å²) in [5, 5.41) is 0. The molecule has 1 atom stereocenters. The lowest BCUT2D eigenvalue weighted by atomic mass is 9.88. The highest BCUT2D eigenvalue weighted by molar-refractivity contribution is 8.00. The molecule has 0 unspecified atom stereocenters. The molecule has 29 heavy (non-hydrogen) atoms. The topological polar surface area (TPSA) is 62.8 Å². The van der Waals surface area contributed by atoms with E-state index in [0.29, 0.717) is 11.4 Å². The molecule has 2 aliphatic carbocycles. The Morgan fingerprint density at radius 1 is 1.21 bits per heavy atom. The Morgan fingerprint density at radius 2 is 1.93 bits per heavy atom. The second-order valence-electron chi connectivity index (χ2n) is 7.60. The molecule has 1 aromatic carbocycles. The molecule has 4 rings (SSSR count). The molecule has 0 bridgehead atoms. The fourth-order valence-electron chi connectivity index (χ4n) is 3.48. The van der Waals surface area contributed by atoms with Crippen LogP contribution in [0.5, 0.6) is 0 Å². The summed E-state index contributed by atoms with van der Waals surface area (Å²) >= 11 is -0.496. The van der Waals surface area contributed by atoms with E-state index in [1.165, 1.54) is 12.1 Å². The number of rotatable bonds is 7. The Kier molecular flexibility index (Phi) is 5.27. The van der Waals surface area contributed by atoms with E-state index >= 15 is 0 Å². The van der Waals surface area contributed by atoms with Crippen LogP contribution < -0.4 is 5.56 Å². The molecule has 9 heteroatoms. The Labute approximate surface area is 168 Å². The van der Waals surface area contributed by atoms with Gasteiger partial charge in [0.15, 0.2) is 5.78 Å². The van der Waals surface area contributed by atoms with Crippen LogP contribution in [0.3, 0.4) is 0 Å². The summed E-state index contributed by atoms with van der Waals surface area (Å²) in [5.41, 5.74) is -4.37. The average molecular weight is 426 g/mol. The molecule has 0 spiro atoms. The summed E-state index contributed by atoms with van der Waals surface area (Å²) in [6.45, 7) is 0. The van der Waals surface area contributed by atoms with Crippen LogP contribution in [0.4, 0.5) is 17.6 Å². The number of ketones is 1. The van der Waals surface area contributed by atoms with Gasteiger partial charge in [-0.25, -0.2) is 9.37 Å². The van der Waals surface area contributed by atoms with Gasteiger partial charge in [0.1, 0.15) is 17.3 Å². The van der Waals surface area contributed by atoms with Crippen LogP contribution in [0.1, 0.15) is 65.8 Å². The number of halogens is 4. The third-order valence-electron chi connectivity index (χ3n) is 5.22. The van der Waals surface area contributed by atoms with Gasteiger partial charge in [0.05, 0.1) is 4.90 Å². The van der Waals surface area contributed by atoms with Crippen LogP contribution >= 0.6 is 11.8 Å². The molecule has 2 saturated carbocycles. The van der Waals surface area contributed by atoms with Crippen molar-refractivity contribution in [1.82, 2.24) is 9.97 Å². The normalized spacial score (nSPS) is 17.9. The maximum atomic E-state index is 14.2. The molecule has 1 N–H and O–H groups in total. The molecule has 1 aromatic heterocycles. The lowest BCUT2D eigenvalue weighted by Gasteiger charge is -2.17. The van der Waals surface area contributed by atoms with Crippen LogP contribution in [-0.2, 0) is 0 Å². The van der Waals surface area contributed by atoms with Crippen molar-refractivity contribution < 1.29 is 22.4 Å². The first-order valence-corrected chi connectivity index (χ1v) is 10.2. The largest absolute Gasteiger partial charge is 0.446 e.